The van der Waals surface area contributed by atoms with E-state index in [4.69, 9.17) is 14.2 Å². The number of hydrogen-bond acceptors (Lipinski definition) is 4. The smallest absolute Gasteiger partial charge is 0.183 e. The Morgan fingerprint density at radius 2 is 1.25 bits per heavy atom. The van der Waals surface area contributed by atoms with Gasteiger partial charge < -0.3 is 19.1 Å². The Kier molecular flexibility index (Phi) is 6.27. The Morgan fingerprint density at radius 3 is 1.78 bits per heavy atom. The Hall–Kier alpha value is -2.82. The Bertz CT molecular complexity index is 995. The van der Waals surface area contributed by atoms with Gasteiger partial charge in [0, 0.05) is 28.0 Å². The fraction of sp³-hybridized carbons (Fsp3) is 0.357. The van der Waals surface area contributed by atoms with Gasteiger partial charge in [-0.05, 0) is 69.3 Å². The van der Waals surface area contributed by atoms with Gasteiger partial charge in [-0.2, -0.15) is 0 Å². The molecule has 1 aliphatic heterocycles. The van der Waals surface area contributed by atoms with Gasteiger partial charge in [0.1, 0.15) is 11.4 Å². The molecule has 0 radical (unpaired) electrons. The van der Waals surface area contributed by atoms with E-state index in [9.17, 15) is 0 Å². The molecule has 168 valence electrons. The van der Waals surface area contributed by atoms with Crippen LogP contribution in [0.2, 0.25) is 0 Å². The summed E-state index contributed by atoms with van der Waals surface area (Å²) in [6, 6.07) is 27.0. The first-order valence-electron chi connectivity index (χ1n) is 11.2. The largest absolute Gasteiger partial charge is 0.488 e. The van der Waals surface area contributed by atoms with Crippen LogP contribution < -0.4 is 9.64 Å². The minimum Gasteiger partial charge on any atom is -0.488 e. The number of benzene rings is 3. The molecule has 0 aliphatic carbocycles. The van der Waals surface area contributed by atoms with Gasteiger partial charge in [0.25, 0.3) is 0 Å². The quantitative estimate of drug-likeness (QED) is 0.421. The van der Waals surface area contributed by atoms with Gasteiger partial charge in [-0.1, -0.05) is 44.2 Å². The van der Waals surface area contributed by atoms with E-state index in [0.29, 0.717) is 13.2 Å². The van der Waals surface area contributed by atoms with Gasteiger partial charge in [-0.15, -0.1) is 0 Å². The van der Waals surface area contributed by atoms with Crippen molar-refractivity contribution in [1.82, 2.24) is 0 Å². The van der Waals surface area contributed by atoms with Crippen molar-refractivity contribution in [2.24, 2.45) is 5.41 Å². The summed E-state index contributed by atoms with van der Waals surface area (Å²) in [6.45, 7) is 11.9. The fourth-order valence-electron chi connectivity index (χ4n) is 3.71. The molecule has 4 rings (SSSR count). The molecule has 0 spiro atoms. The molecule has 1 fully saturated rings. The lowest BCUT2D eigenvalue weighted by Crippen LogP contribution is -2.33. The number of hydrogen-bond donors (Lipinski definition) is 0. The summed E-state index contributed by atoms with van der Waals surface area (Å²) in [6.07, 6.45) is -0.309. The van der Waals surface area contributed by atoms with Crippen LogP contribution in [0.3, 0.4) is 0 Å². The SMILES string of the molecule is CC1(C)COC(c2ccc(N(c3ccccc3)c3ccc(OC(C)(C)C)cc3)cc2)OC1. The van der Waals surface area contributed by atoms with E-state index in [-0.39, 0.29) is 17.3 Å². The predicted octanol–water partition coefficient (Wildman–Crippen LogP) is 7.41. The second kappa shape index (κ2) is 8.97. The first-order chi connectivity index (χ1) is 15.2. The van der Waals surface area contributed by atoms with Gasteiger partial charge in [-0.3, -0.25) is 0 Å². The second-order valence-corrected chi connectivity index (χ2v) is 10.1. The van der Waals surface area contributed by atoms with Crippen molar-refractivity contribution in [2.75, 3.05) is 18.1 Å². The molecule has 0 N–H and O–H groups in total. The highest BCUT2D eigenvalue weighted by Crippen LogP contribution is 2.37. The van der Waals surface area contributed by atoms with E-state index in [0.717, 1.165) is 28.4 Å². The molecule has 0 saturated carbocycles. The maximum atomic E-state index is 6.00. The van der Waals surface area contributed by atoms with E-state index in [2.05, 4.69) is 100 Å². The summed E-state index contributed by atoms with van der Waals surface area (Å²) < 4.78 is 17.9. The van der Waals surface area contributed by atoms with Gasteiger partial charge >= 0.3 is 0 Å². The highest BCUT2D eigenvalue weighted by molar-refractivity contribution is 5.76. The summed E-state index contributed by atoms with van der Waals surface area (Å²) in [5, 5.41) is 0. The van der Waals surface area contributed by atoms with Crippen LogP contribution >= 0.6 is 0 Å². The molecule has 4 nitrogen and oxygen atoms in total. The molecule has 0 atom stereocenters. The summed E-state index contributed by atoms with van der Waals surface area (Å²) >= 11 is 0. The van der Waals surface area contributed by atoms with E-state index in [1.807, 2.05) is 18.2 Å². The topological polar surface area (TPSA) is 30.9 Å². The zero-order valence-corrected chi connectivity index (χ0v) is 19.7. The van der Waals surface area contributed by atoms with Crippen LogP contribution in [0.15, 0.2) is 78.9 Å². The van der Waals surface area contributed by atoms with Crippen LogP contribution in [-0.2, 0) is 9.47 Å². The van der Waals surface area contributed by atoms with Crippen LogP contribution in [0.4, 0.5) is 17.1 Å². The predicted molar refractivity (Wildman–Crippen MR) is 130 cm³/mol. The van der Waals surface area contributed by atoms with E-state index >= 15 is 0 Å². The van der Waals surface area contributed by atoms with E-state index in [1.54, 1.807) is 0 Å². The highest BCUT2D eigenvalue weighted by Gasteiger charge is 2.29. The number of anilines is 3. The number of ether oxygens (including phenoxy) is 3. The van der Waals surface area contributed by atoms with Crippen LogP contribution in [0.5, 0.6) is 5.75 Å². The highest BCUT2D eigenvalue weighted by atomic mass is 16.7. The average Bonchev–Trinajstić information content (AvgIpc) is 2.76. The van der Waals surface area contributed by atoms with Crippen molar-refractivity contribution in [3.8, 4) is 5.75 Å². The zero-order valence-electron chi connectivity index (χ0n) is 19.7. The van der Waals surface area contributed by atoms with Gasteiger partial charge in [0.05, 0.1) is 13.2 Å². The number of nitrogens with zero attached hydrogens (tertiary/aromatic N) is 1. The van der Waals surface area contributed by atoms with Gasteiger partial charge in [-0.25, -0.2) is 0 Å². The van der Waals surface area contributed by atoms with Crippen molar-refractivity contribution < 1.29 is 14.2 Å². The normalized spacial score (nSPS) is 16.5. The third-order valence-electron chi connectivity index (χ3n) is 5.21. The molecule has 4 heteroatoms. The summed E-state index contributed by atoms with van der Waals surface area (Å²) in [5.41, 5.74) is 4.10. The van der Waals surface area contributed by atoms with Crippen molar-refractivity contribution in [3.05, 3.63) is 84.4 Å². The van der Waals surface area contributed by atoms with E-state index < -0.39 is 0 Å². The third kappa shape index (κ3) is 5.50. The molecular weight excluding hydrogens is 398 g/mol. The van der Waals surface area contributed by atoms with Crippen LogP contribution in [0, 0.1) is 5.41 Å². The first-order valence-corrected chi connectivity index (χ1v) is 11.2. The minimum atomic E-state index is -0.309. The number of rotatable bonds is 5. The third-order valence-corrected chi connectivity index (χ3v) is 5.21. The molecule has 32 heavy (non-hydrogen) atoms. The monoisotopic (exact) mass is 431 g/mol. The molecule has 0 bridgehead atoms. The molecular formula is C28H33NO3. The lowest BCUT2D eigenvalue weighted by atomic mass is 9.95. The minimum absolute atomic E-state index is 0.0589. The molecule has 0 aromatic heterocycles. The summed E-state index contributed by atoms with van der Waals surface area (Å²) in [5.74, 6) is 0.860. The van der Waals surface area contributed by atoms with E-state index in [1.165, 1.54) is 0 Å². The molecule has 1 saturated heterocycles. The summed E-state index contributed by atoms with van der Waals surface area (Å²) in [7, 11) is 0. The lowest BCUT2D eigenvalue weighted by molar-refractivity contribution is -0.226. The Balaban J connectivity index is 1.60. The fourth-order valence-corrected chi connectivity index (χ4v) is 3.71. The second-order valence-electron chi connectivity index (χ2n) is 10.1. The Labute approximate surface area is 191 Å². The maximum absolute atomic E-state index is 6.00. The average molecular weight is 432 g/mol. The van der Waals surface area contributed by atoms with Crippen LogP contribution in [0.1, 0.15) is 46.5 Å². The lowest BCUT2D eigenvalue weighted by Gasteiger charge is -2.34. The van der Waals surface area contributed by atoms with Crippen molar-refractivity contribution in [1.29, 1.82) is 0 Å². The van der Waals surface area contributed by atoms with Crippen LogP contribution in [-0.4, -0.2) is 18.8 Å². The molecule has 3 aromatic carbocycles. The first kappa shape index (κ1) is 22.4. The van der Waals surface area contributed by atoms with Gasteiger partial charge in [0.15, 0.2) is 6.29 Å². The standard InChI is InChI=1S/C28H33NO3/c1-27(2,3)32-25-17-15-24(16-18-25)29(22-9-7-6-8-10-22)23-13-11-21(12-14-23)26-30-19-28(4,5)20-31-26/h6-18,26H,19-20H2,1-5H3. The van der Waals surface area contributed by atoms with Crippen molar-refractivity contribution in [3.63, 3.8) is 0 Å². The van der Waals surface area contributed by atoms with Crippen molar-refractivity contribution in [2.45, 2.75) is 46.5 Å². The molecule has 0 amide bonds. The van der Waals surface area contributed by atoms with Crippen molar-refractivity contribution >= 4 is 17.1 Å². The zero-order chi connectivity index (χ0) is 22.8. The molecule has 1 heterocycles. The number of para-hydroxylation sites is 1. The Morgan fingerprint density at radius 1 is 0.750 bits per heavy atom. The van der Waals surface area contributed by atoms with Gasteiger partial charge in [0.2, 0.25) is 0 Å². The summed E-state index contributed by atoms with van der Waals surface area (Å²) in [4.78, 5) is 2.23. The van der Waals surface area contributed by atoms with Crippen LogP contribution in [0.25, 0.3) is 0 Å². The molecule has 0 unspecified atom stereocenters. The molecule has 1 aliphatic rings. The molecule has 3 aromatic rings. The maximum Gasteiger partial charge on any atom is 0.183 e.